The van der Waals surface area contributed by atoms with Crippen LogP contribution in [0.1, 0.15) is 10.4 Å². The Morgan fingerprint density at radius 3 is 2.58 bits per heavy atom. The summed E-state index contributed by atoms with van der Waals surface area (Å²) in [5.41, 5.74) is 8.62. The maximum absolute atomic E-state index is 11.8. The fourth-order valence-corrected chi connectivity index (χ4v) is 4.96. The first kappa shape index (κ1) is 25.4. The number of hydrogen-bond donors (Lipinski definition) is 2. The van der Waals surface area contributed by atoms with Gasteiger partial charge in [-0.2, -0.15) is 0 Å². The Morgan fingerprint density at radius 2 is 1.94 bits per heavy atom. The van der Waals surface area contributed by atoms with E-state index in [2.05, 4.69) is 39.3 Å². The molecule has 12 heteroatoms. The average molecular weight is 512 g/mol. The van der Waals surface area contributed by atoms with Crippen LogP contribution in [-0.4, -0.2) is 74.6 Å². The SMILES string of the molecule is COCCN(c1ccc(C=O)cc1[N+](=O)[O-])c1sc(Nc2ccc(N3CCN(C)CC3)cc2)nc1N. The van der Waals surface area contributed by atoms with E-state index in [0.717, 1.165) is 31.9 Å². The number of likely N-dealkylation sites (N-methyl/N-ethyl adjacent to an activating group) is 1. The second-order valence-electron chi connectivity index (χ2n) is 8.44. The Kier molecular flexibility index (Phi) is 7.98. The van der Waals surface area contributed by atoms with Crippen molar-refractivity contribution < 1.29 is 14.5 Å². The lowest BCUT2D eigenvalue weighted by Crippen LogP contribution is -2.44. The maximum atomic E-state index is 11.8. The van der Waals surface area contributed by atoms with Crippen LogP contribution in [0.25, 0.3) is 0 Å². The Labute approximate surface area is 213 Å². The number of rotatable bonds is 10. The largest absolute Gasteiger partial charge is 0.383 e. The van der Waals surface area contributed by atoms with E-state index in [4.69, 9.17) is 10.5 Å². The topological polar surface area (TPSA) is 130 Å². The number of anilines is 6. The fourth-order valence-electron chi connectivity index (χ4n) is 4.02. The number of ether oxygens (including phenoxy) is 1. The molecule has 0 spiro atoms. The molecule has 1 aliphatic heterocycles. The minimum Gasteiger partial charge on any atom is -0.383 e. The molecule has 0 aliphatic carbocycles. The Morgan fingerprint density at radius 1 is 1.22 bits per heavy atom. The third-order valence-electron chi connectivity index (χ3n) is 6.01. The molecule has 2 heterocycles. The second-order valence-corrected chi connectivity index (χ2v) is 9.42. The number of carbonyl (C=O) groups is 1. The Hall–Kier alpha value is -3.74. The molecule has 190 valence electrons. The summed E-state index contributed by atoms with van der Waals surface area (Å²) in [6.07, 6.45) is 0.578. The summed E-state index contributed by atoms with van der Waals surface area (Å²) in [6, 6.07) is 12.5. The van der Waals surface area contributed by atoms with Crippen molar-refractivity contribution in [2.24, 2.45) is 0 Å². The van der Waals surface area contributed by atoms with Crippen molar-refractivity contribution in [3.8, 4) is 0 Å². The predicted octanol–water partition coefficient (Wildman–Crippen LogP) is 3.73. The molecule has 2 aromatic carbocycles. The lowest BCUT2D eigenvalue weighted by Gasteiger charge is -2.34. The third-order valence-corrected chi connectivity index (χ3v) is 7.02. The standard InChI is InChI=1S/C24H29N7O4S/c1-28-9-11-29(12-10-28)19-6-4-18(5-7-19)26-24-27-22(25)23(36-24)30(13-14-35-2)20-8-3-17(16-32)15-21(20)31(33)34/h3-8,15-16H,9-14,25H2,1-2H3,(H,26,27). The Balaban J connectivity index is 1.57. The van der Waals surface area contributed by atoms with Gasteiger partial charge in [0.25, 0.3) is 5.69 Å². The number of carbonyl (C=O) groups excluding carboxylic acids is 1. The molecule has 0 amide bonds. The van der Waals surface area contributed by atoms with Crippen LogP contribution >= 0.6 is 11.3 Å². The van der Waals surface area contributed by atoms with Gasteiger partial charge in [0, 0.05) is 62.8 Å². The highest BCUT2D eigenvalue weighted by atomic mass is 32.1. The molecule has 3 aromatic rings. The van der Waals surface area contributed by atoms with Crippen LogP contribution in [0.5, 0.6) is 0 Å². The molecule has 36 heavy (non-hydrogen) atoms. The molecule has 1 aliphatic rings. The smallest absolute Gasteiger partial charge is 0.293 e. The van der Waals surface area contributed by atoms with Gasteiger partial charge in [-0.3, -0.25) is 14.9 Å². The number of aromatic nitrogens is 1. The van der Waals surface area contributed by atoms with Gasteiger partial charge in [-0.05, 0) is 43.4 Å². The van der Waals surface area contributed by atoms with E-state index >= 15 is 0 Å². The first-order valence-corrected chi connectivity index (χ1v) is 12.3. The van der Waals surface area contributed by atoms with Crippen molar-refractivity contribution in [2.45, 2.75) is 0 Å². The number of nitrogens with two attached hydrogens (primary N) is 1. The van der Waals surface area contributed by atoms with E-state index in [1.807, 2.05) is 12.1 Å². The minimum absolute atomic E-state index is 0.197. The fraction of sp³-hybridized carbons (Fsp3) is 0.333. The summed E-state index contributed by atoms with van der Waals surface area (Å²) >= 11 is 1.29. The van der Waals surface area contributed by atoms with Crippen LogP contribution in [0.15, 0.2) is 42.5 Å². The van der Waals surface area contributed by atoms with Crippen LogP contribution in [0, 0.1) is 10.1 Å². The predicted molar refractivity (Wildman–Crippen MR) is 143 cm³/mol. The van der Waals surface area contributed by atoms with E-state index in [1.165, 1.54) is 29.2 Å². The van der Waals surface area contributed by atoms with Crippen molar-refractivity contribution in [1.82, 2.24) is 9.88 Å². The molecule has 1 aromatic heterocycles. The number of aldehydes is 1. The van der Waals surface area contributed by atoms with Gasteiger partial charge in [-0.25, -0.2) is 4.98 Å². The maximum Gasteiger partial charge on any atom is 0.293 e. The molecular weight excluding hydrogens is 482 g/mol. The van der Waals surface area contributed by atoms with Gasteiger partial charge in [0.15, 0.2) is 10.9 Å². The summed E-state index contributed by atoms with van der Waals surface area (Å²) in [5.74, 6) is 0.237. The van der Waals surface area contributed by atoms with Crippen LogP contribution in [-0.2, 0) is 4.74 Å². The lowest BCUT2D eigenvalue weighted by atomic mass is 10.1. The van der Waals surface area contributed by atoms with Crippen molar-refractivity contribution in [3.63, 3.8) is 0 Å². The van der Waals surface area contributed by atoms with E-state index in [9.17, 15) is 14.9 Å². The van der Waals surface area contributed by atoms with Gasteiger partial charge in [-0.15, -0.1) is 0 Å². The van der Waals surface area contributed by atoms with E-state index < -0.39 is 4.92 Å². The highest BCUT2D eigenvalue weighted by Crippen LogP contribution is 2.42. The number of nitro benzene ring substituents is 1. The molecule has 1 saturated heterocycles. The molecular formula is C24H29N7O4S. The monoisotopic (exact) mass is 511 g/mol. The van der Waals surface area contributed by atoms with Gasteiger partial charge in [0.1, 0.15) is 17.0 Å². The van der Waals surface area contributed by atoms with Gasteiger partial charge in [0.05, 0.1) is 11.5 Å². The summed E-state index contributed by atoms with van der Waals surface area (Å²) in [5, 5.41) is 16.1. The average Bonchev–Trinajstić information content (AvgIpc) is 3.24. The summed E-state index contributed by atoms with van der Waals surface area (Å²) in [4.78, 5) is 33.2. The van der Waals surface area contributed by atoms with Crippen LogP contribution in [0.2, 0.25) is 0 Å². The van der Waals surface area contributed by atoms with Gasteiger partial charge >= 0.3 is 0 Å². The van der Waals surface area contributed by atoms with Crippen molar-refractivity contribution >= 4 is 56.3 Å². The summed E-state index contributed by atoms with van der Waals surface area (Å²) < 4.78 is 5.22. The summed E-state index contributed by atoms with van der Waals surface area (Å²) in [6.45, 7) is 4.68. The number of benzene rings is 2. The van der Waals surface area contributed by atoms with Gasteiger partial charge < -0.3 is 30.5 Å². The number of piperazine rings is 1. The Bertz CT molecular complexity index is 1210. The van der Waals surface area contributed by atoms with Gasteiger partial charge in [0.2, 0.25) is 0 Å². The molecule has 4 rings (SSSR count). The van der Waals surface area contributed by atoms with E-state index in [-0.39, 0.29) is 17.1 Å². The lowest BCUT2D eigenvalue weighted by molar-refractivity contribution is -0.384. The number of nitrogen functional groups attached to an aromatic ring is 1. The normalized spacial score (nSPS) is 14.0. The zero-order valence-electron chi connectivity index (χ0n) is 20.2. The van der Waals surface area contributed by atoms with Crippen LogP contribution in [0.4, 0.5) is 38.7 Å². The van der Waals surface area contributed by atoms with Crippen LogP contribution in [0.3, 0.4) is 0 Å². The number of methoxy groups -OCH3 is 1. The second kappa shape index (κ2) is 11.3. The minimum atomic E-state index is -0.513. The van der Waals surface area contributed by atoms with Crippen molar-refractivity contribution in [1.29, 1.82) is 0 Å². The highest BCUT2D eigenvalue weighted by Gasteiger charge is 2.25. The number of thiazole rings is 1. The number of nitrogens with zero attached hydrogens (tertiary/aromatic N) is 5. The molecule has 0 radical (unpaired) electrons. The quantitative estimate of drug-likeness (QED) is 0.236. The third kappa shape index (κ3) is 5.73. The van der Waals surface area contributed by atoms with Crippen molar-refractivity contribution in [2.75, 3.05) is 74.3 Å². The number of hydrogen-bond acceptors (Lipinski definition) is 11. The first-order valence-electron chi connectivity index (χ1n) is 11.5. The molecule has 0 saturated carbocycles. The van der Waals surface area contributed by atoms with Crippen LogP contribution < -0.4 is 20.9 Å². The molecule has 1 fully saturated rings. The molecule has 0 atom stereocenters. The first-order chi connectivity index (χ1) is 17.4. The van der Waals surface area contributed by atoms with Crippen molar-refractivity contribution in [3.05, 3.63) is 58.1 Å². The zero-order valence-corrected chi connectivity index (χ0v) is 21.0. The highest BCUT2D eigenvalue weighted by molar-refractivity contribution is 7.20. The van der Waals surface area contributed by atoms with E-state index in [0.29, 0.717) is 35.3 Å². The molecule has 3 N–H and O–H groups in total. The summed E-state index contributed by atoms with van der Waals surface area (Å²) in [7, 11) is 3.68. The molecule has 11 nitrogen and oxygen atoms in total. The molecule has 0 unspecified atom stereocenters. The zero-order chi connectivity index (χ0) is 25.7. The van der Waals surface area contributed by atoms with E-state index in [1.54, 1.807) is 18.1 Å². The number of nitrogens with one attached hydrogen (secondary N) is 1. The molecule has 0 bridgehead atoms. The number of nitro groups is 1. The van der Waals surface area contributed by atoms with Gasteiger partial charge in [-0.1, -0.05) is 11.3 Å².